The number of aliphatic hydroxyl groups excluding tert-OH is 1. The standard InChI is InChI=1S/C20H30N2O2/c1-2-18(16-8-4-3-5-9-16)19-10-6-12-21(19)14-17(23)15-22-13-7-11-20(22)24/h3-5,8-9,17-19,23H,2,6-7,10-15H2,1H3. The van der Waals surface area contributed by atoms with Crippen LogP contribution < -0.4 is 0 Å². The molecule has 4 nitrogen and oxygen atoms in total. The van der Waals surface area contributed by atoms with Gasteiger partial charge < -0.3 is 10.0 Å². The first kappa shape index (κ1) is 17.4. The van der Waals surface area contributed by atoms with Gasteiger partial charge in [0, 0.05) is 32.1 Å². The number of likely N-dealkylation sites (tertiary alicyclic amines) is 2. The van der Waals surface area contributed by atoms with Crippen LogP contribution in [-0.2, 0) is 4.79 Å². The predicted molar refractivity (Wildman–Crippen MR) is 95.9 cm³/mol. The van der Waals surface area contributed by atoms with E-state index in [1.165, 1.54) is 18.4 Å². The van der Waals surface area contributed by atoms with Crippen LogP contribution >= 0.6 is 0 Å². The third-order valence-electron chi connectivity index (χ3n) is 5.59. The monoisotopic (exact) mass is 330 g/mol. The summed E-state index contributed by atoms with van der Waals surface area (Å²) in [5.41, 5.74) is 1.40. The molecule has 3 rings (SSSR count). The maximum absolute atomic E-state index is 11.8. The zero-order valence-corrected chi connectivity index (χ0v) is 14.7. The lowest BCUT2D eigenvalue weighted by Gasteiger charge is -2.33. The van der Waals surface area contributed by atoms with E-state index in [0.29, 0.717) is 31.5 Å². The van der Waals surface area contributed by atoms with Crippen molar-refractivity contribution in [2.24, 2.45) is 0 Å². The first-order valence-corrected chi connectivity index (χ1v) is 9.44. The average molecular weight is 330 g/mol. The summed E-state index contributed by atoms with van der Waals surface area (Å²) in [7, 11) is 0. The quantitative estimate of drug-likeness (QED) is 0.836. The van der Waals surface area contributed by atoms with Crippen LogP contribution in [0.5, 0.6) is 0 Å². The van der Waals surface area contributed by atoms with Gasteiger partial charge in [-0.1, -0.05) is 37.3 Å². The fourth-order valence-corrected chi connectivity index (χ4v) is 4.44. The van der Waals surface area contributed by atoms with Crippen LogP contribution in [0.2, 0.25) is 0 Å². The molecule has 0 bridgehead atoms. The van der Waals surface area contributed by atoms with Crippen molar-refractivity contribution in [3.63, 3.8) is 0 Å². The minimum atomic E-state index is -0.444. The second-order valence-electron chi connectivity index (χ2n) is 7.23. The second kappa shape index (κ2) is 8.13. The van der Waals surface area contributed by atoms with E-state index in [2.05, 4.69) is 42.2 Å². The molecule has 0 radical (unpaired) electrons. The molecule has 2 heterocycles. The largest absolute Gasteiger partial charge is 0.390 e. The van der Waals surface area contributed by atoms with Gasteiger partial charge in [-0.15, -0.1) is 0 Å². The van der Waals surface area contributed by atoms with Crippen LogP contribution in [0.25, 0.3) is 0 Å². The van der Waals surface area contributed by atoms with E-state index in [-0.39, 0.29) is 5.91 Å². The predicted octanol–water partition coefficient (Wildman–Crippen LogP) is 2.63. The number of hydrogen-bond acceptors (Lipinski definition) is 3. The van der Waals surface area contributed by atoms with Crippen molar-refractivity contribution >= 4 is 5.91 Å². The Balaban J connectivity index is 1.61. The van der Waals surface area contributed by atoms with Gasteiger partial charge in [0.05, 0.1) is 6.10 Å². The maximum Gasteiger partial charge on any atom is 0.222 e. The second-order valence-corrected chi connectivity index (χ2v) is 7.23. The van der Waals surface area contributed by atoms with Gasteiger partial charge in [-0.2, -0.15) is 0 Å². The fraction of sp³-hybridized carbons (Fsp3) is 0.650. The molecule has 1 aromatic rings. The Morgan fingerprint density at radius 2 is 1.96 bits per heavy atom. The number of nitrogens with zero attached hydrogens (tertiary/aromatic N) is 2. The van der Waals surface area contributed by atoms with Crippen LogP contribution in [0.3, 0.4) is 0 Å². The number of aliphatic hydroxyl groups is 1. The molecule has 24 heavy (non-hydrogen) atoms. The van der Waals surface area contributed by atoms with Crippen LogP contribution in [0, 0.1) is 0 Å². The molecule has 2 fully saturated rings. The molecule has 1 aromatic carbocycles. The smallest absolute Gasteiger partial charge is 0.222 e. The molecule has 1 amide bonds. The van der Waals surface area contributed by atoms with Crippen LogP contribution in [0.1, 0.15) is 50.5 Å². The Hall–Kier alpha value is -1.39. The molecule has 0 saturated carbocycles. The third kappa shape index (κ3) is 3.98. The summed E-state index contributed by atoms with van der Waals surface area (Å²) in [4.78, 5) is 16.0. The summed E-state index contributed by atoms with van der Waals surface area (Å²) >= 11 is 0. The van der Waals surface area contributed by atoms with Crippen LogP contribution in [0.15, 0.2) is 30.3 Å². The molecule has 0 spiro atoms. The number of rotatable bonds is 7. The van der Waals surface area contributed by atoms with Gasteiger partial charge in [-0.25, -0.2) is 0 Å². The molecular weight excluding hydrogens is 300 g/mol. The van der Waals surface area contributed by atoms with Gasteiger partial charge in [-0.3, -0.25) is 9.69 Å². The number of carbonyl (C=O) groups excluding carboxylic acids is 1. The summed E-state index contributed by atoms with van der Waals surface area (Å²) in [6.45, 7) is 5.29. The summed E-state index contributed by atoms with van der Waals surface area (Å²) in [6.07, 6.45) is 4.65. The SMILES string of the molecule is CCC(c1ccccc1)C1CCCN1CC(O)CN1CCCC1=O. The van der Waals surface area contributed by atoms with E-state index < -0.39 is 6.10 Å². The third-order valence-corrected chi connectivity index (χ3v) is 5.59. The molecule has 2 saturated heterocycles. The highest BCUT2D eigenvalue weighted by Crippen LogP contribution is 2.33. The summed E-state index contributed by atoms with van der Waals surface area (Å²) in [6, 6.07) is 11.3. The minimum Gasteiger partial charge on any atom is -0.390 e. The first-order valence-electron chi connectivity index (χ1n) is 9.44. The minimum absolute atomic E-state index is 0.197. The summed E-state index contributed by atoms with van der Waals surface area (Å²) in [5.74, 6) is 0.720. The van der Waals surface area contributed by atoms with Crippen molar-refractivity contribution in [3.8, 4) is 0 Å². The van der Waals surface area contributed by atoms with Crippen LogP contribution in [-0.4, -0.2) is 59.1 Å². The molecule has 3 atom stereocenters. The van der Waals surface area contributed by atoms with Crippen molar-refractivity contribution in [2.75, 3.05) is 26.2 Å². The van der Waals surface area contributed by atoms with E-state index in [0.717, 1.165) is 25.9 Å². The molecule has 4 heteroatoms. The van der Waals surface area contributed by atoms with E-state index in [1.54, 1.807) is 0 Å². The van der Waals surface area contributed by atoms with Gasteiger partial charge >= 0.3 is 0 Å². The van der Waals surface area contributed by atoms with Gasteiger partial charge in [-0.05, 0) is 43.7 Å². The Morgan fingerprint density at radius 3 is 2.62 bits per heavy atom. The lowest BCUT2D eigenvalue weighted by atomic mass is 9.87. The van der Waals surface area contributed by atoms with Crippen molar-refractivity contribution in [1.29, 1.82) is 0 Å². The highest BCUT2D eigenvalue weighted by Gasteiger charge is 2.33. The number of hydrogen-bond donors (Lipinski definition) is 1. The molecule has 0 aromatic heterocycles. The Bertz CT molecular complexity index is 534. The topological polar surface area (TPSA) is 43.8 Å². The highest BCUT2D eigenvalue weighted by atomic mass is 16.3. The number of amides is 1. The van der Waals surface area contributed by atoms with Crippen LogP contribution in [0.4, 0.5) is 0 Å². The summed E-state index contributed by atoms with van der Waals surface area (Å²) in [5, 5.41) is 10.5. The number of benzene rings is 1. The Labute approximate surface area is 145 Å². The fourth-order valence-electron chi connectivity index (χ4n) is 4.44. The highest BCUT2D eigenvalue weighted by molar-refractivity contribution is 5.78. The number of β-amino-alcohol motifs (C(OH)–C–C–N with tert-alkyl or cyclic N) is 1. The van der Waals surface area contributed by atoms with E-state index in [9.17, 15) is 9.90 Å². The lowest BCUT2D eigenvalue weighted by Crippen LogP contribution is -2.44. The van der Waals surface area contributed by atoms with E-state index in [1.807, 2.05) is 4.90 Å². The van der Waals surface area contributed by atoms with E-state index in [4.69, 9.17) is 0 Å². The number of carbonyl (C=O) groups is 1. The average Bonchev–Trinajstić information content (AvgIpc) is 3.19. The first-order chi connectivity index (χ1) is 11.7. The maximum atomic E-state index is 11.8. The molecule has 3 unspecified atom stereocenters. The van der Waals surface area contributed by atoms with E-state index >= 15 is 0 Å². The summed E-state index contributed by atoms with van der Waals surface area (Å²) < 4.78 is 0. The van der Waals surface area contributed by atoms with Crippen molar-refractivity contribution in [2.45, 2.75) is 57.1 Å². The van der Waals surface area contributed by atoms with Crippen molar-refractivity contribution in [1.82, 2.24) is 9.80 Å². The normalized spacial score (nSPS) is 24.5. The molecular formula is C20H30N2O2. The molecule has 1 N–H and O–H groups in total. The van der Waals surface area contributed by atoms with Crippen molar-refractivity contribution in [3.05, 3.63) is 35.9 Å². The zero-order chi connectivity index (χ0) is 16.9. The van der Waals surface area contributed by atoms with Gasteiger partial charge in [0.25, 0.3) is 0 Å². The molecule has 0 aliphatic carbocycles. The molecule has 2 aliphatic rings. The van der Waals surface area contributed by atoms with Gasteiger partial charge in [0.2, 0.25) is 5.91 Å². The van der Waals surface area contributed by atoms with Gasteiger partial charge in [0.15, 0.2) is 0 Å². The lowest BCUT2D eigenvalue weighted by molar-refractivity contribution is -0.129. The molecule has 132 valence electrons. The van der Waals surface area contributed by atoms with Gasteiger partial charge in [0.1, 0.15) is 0 Å². The zero-order valence-electron chi connectivity index (χ0n) is 14.7. The van der Waals surface area contributed by atoms with Crippen molar-refractivity contribution < 1.29 is 9.90 Å². The Morgan fingerprint density at radius 1 is 1.17 bits per heavy atom. The molecule has 2 aliphatic heterocycles. The Kier molecular flexibility index (Phi) is 5.90.